The van der Waals surface area contributed by atoms with Crippen LogP contribution >= 0.6 is 0 Å². The molecule has 0 radical (unpaired) electrons. The van der Waals surface area contributed by atoms with Crippen molar-refractivity contribution in [2.75, 3.05) is 20.2 Å². The van der Waals surface area contributed by atoms with Gasteiger partial charge in [0.1, 0.15) is 12.1 Å². The Hall–Kier alpha value is -2.09. The van der Waals surface area contributed by atoms with Crippen LogP contribution in [0.3, 0.4) is 0 Å². The number of alkyl halides is 3. The van der Waals surface area contributed by atoms with Crippen molar-refractivity contribution in [2.24, 2.45) is 0 Å². The van der Waals surface area contributed by atoms with Crippen molar-refractivity contribution in [2.45, 2.75) is 25.1 Å². The Morgan fingerprint density at radius 2 is 1.57 bits per heavy atom. The Bertz CT molecular complexity index is 529. The third-order valence-electron chi connectivity index (χ3n) is 3.45. The van der Waals surface area contributed by atoms with E-state index in [1.54, 1.807) is 12.1 Å². The summed E-state index contributed by atoms with van der Waals surface area (Å²) in [6, 6.07) is 9.04. The van der Waals surface area contributed by atoms with E-state index in [4.69, 9.17) is 4.74 Å². The maximum absolute atomic E-state index is 12.0. The van der Waals surface area contributed by atoms with Gasteiger partial charge in [-0.3, -0.25) is 9.59 Å². The van der Waals surface area contributed by atoms with E-state index in [1.165, 1.54) is 12.4 Å². The molecule has 0 bridgehead atoms. The Balaban J connectivity index is 2.69. The van der Waals surface area contributed by atoms with Gasteiger partial charge in [0.05, 0.1) is 6.54 Å². The van der Waals surface area contributed by atoms with Gasteiger partial charge in [-0.1, -0.05) is 37.3 Å². The average Bonchev–Trinajstić information content (AvgIpc) is 2.54. The molecule has 23 heavy (non-hydrogen) atoms. The zero-order chi connectivity index (χ0) is 17.5. The summed E-state index contributed by atoms with van der Waals surface area (Å²) in [7, 11) is 1.46. The van der Waals surface area contributed by atoms with E-state index in [9.17, 15) is 22.8 Å². The van der Waals surface area contributed by atoms with Crippen molar-refractivity contribution >= 4 is 11.8 Å². The summed E-state index contributed by atoms with van der Waals surface area (Å²) < 4.78 is 41.5. The molecule has 1 aromatic carbocycles. The van der Waals surface area contributed by atoms with E-state index in [1.807, 2.05) is 25.1 Å². The highest BCUT2D eigenvalue weighted by molar-refractivity contribution is 6.35. The lowest BCUT2D eigenvalue weighted by molar-refractivity contribution is -0.147. The first kappa shape index (κ1) is 19.0. The molecule has 128 valence electrons. The second-order valence-corrected chi connectivity index (χ2v) is 4.90. The quantitative estimate of drug-likeness (QED) is 0.780. The molecule has 0 saturated heterocycles. The average molecular weight is 332 g/mol. The minimum atomic E-state index is -4.57. The second-order valence-electron chi connectivity index (χ2n) is 4.90. The molecule has 2 N–H and O–H groups in total. The van der Waals surface area contributed by atoms with Crippen molar-refractivity contribution in [3.63, 3.8) is 0 Å². The van der Waals surface area contributed by atoms with Gasteiger partial charge < -0.3 is 15.4 Å². The van der Waals surface area contributed by atoms with E-state index in [0.717, 1.165) is 5.56 Å². The number of nitrogens with one attached hydrogen (secondary N) is 2. The molecule has 0 saturated carbocycles. The summed E-state index contributed by atoms with van der Waals surface area (Å²) in [5.41, 5.74) is -0.0673. The fourth-order valence-electron chi connectivity index (χ4n) is 2.07. The summed E-state index contributed by atoms with van der Waals surface area (Å²) in [4.78, 5) is 23.0. The predicted molar refractivity (Wildman–Crippen MR) is 77.5 cm³/mol. The van der Waals surface area contributed by atoms with E-state index in [0.29, 0.717) is 6.42 Å². The minimum absolute atomic E-state index is 0.0394. The zero-order valence-corrected chi connectivity index (χ0v) is 12.9. The molecule has 0 aliphatic heterocycles. The van der Waals surface area contributed by atoms with Gasteiger partial charge in [0.25, 0.3) is 0 Å². The van der Waals surface area contributed by atoms with Crippen molar-refractivity contribution < 1.29 is 27.5 Å². The van der Waals surface area contributed by atoms with Crippen molar-refractivity contribution in [3.8, 4) is 0 Å². The number of rotatable bonds is 6. The molecule has 8 heteroatoms. The van der Waals surface area contributed by atoms with Crippen LogP contribution in [-0.2, 0) is 19.9 Å². The van der Waals surface area contributed by atoms with Crippen molar-refractivity contribution in [1.29, 1.82) is 0 Å². The van der Waals surface area contributed by atoms with Gasteiger partial charge in [0.2, 0.25) is 0 Å². The molecule has 0 aliphatic carbocycles. The molecular formula is C15H19F3N2O3. The molecule has 5 nitrogen and oxygen atoms in total. The van der Waals surface area contributed by atoms with Gasteiger partial charge >= 0.3 is 18.0 Å². The first-order valence-corrected chi connectivity index (χ1v) is 6.97. The number of halogens is 3. The van der Waals surface area contributed by atoms with Crippen molar-refractivity contribution in [1.82, 2.24) is 10.6 Å². The normalized spacial score (nSPS) is 14.0. The van der Waals surface area contributed by atoms with Crippen LogP contribution in [0.1, 0.15) is 18.9 Å². The fourth-order valence-corrected chi connectivity index (χ4v) is 2.07. The maximum atomic E-state index is 12.0. The Morgan fingerprint density at radius 3 is 2.00 bits per heavy atom. The largest absolute Gasteiger partial charge is 0.405 e. The highest BCUT2D eigenvalue weighted by atomic mass is 19.4. The lowest BCUT2D eigenvalue weighted by Gasteiger charge is -2.32. The molecular weight excluding hydrogens is 313 g/mol. The number of amides is 2. The van der Waals surface area contributed by atoms with Crippen LogP contribution in [-0.4, -0.2) is 38.2 Å². The number of hydrogen-bond acceptors (Lipinski definition) is 3. The summed E-state index contributed by atoms with van der Waals surface area (Å²) >= 11 is 0. The highest BCUT2D eigenvalue weighted by Crippen LogP contribution is 2.27. The molecule has 0 spiro atoms. The third-order valence-corrected chi connectivity index (χ3v) is 3.45. The monoisotopic (exact) mass is 332 g/mol. The Morgan fingerprint density at radius 1 is 1.04 bits per heavy atom. The van der Waals surface area contributed by atoms with Crippen LogP contribution in [0.25, 0.3) is 0 Å². The summed E-state index contributed by atoms with van der Waals surface area (Å²) in [6.07, 6.45) is -4.07. The molecule has 1 rings (SSSR count). The number of benzene rings is 1. The first-order valence-electron chi connectivity index (χ1n) is 6.97. The van der Waals surface area contributed by atoms with E-state index >= 15 is 0 Å². The smallest absolute Gasteiger partial charge is 0.372 e. The summed E-state index contributed by atoms with van der Waals surface area (Å²) in [5, 5.41) is 3.83. The molecule has 0 aromatic heterocycles. The van der Waals surface area contributed by atoms with Gasteiger partial charge in [-0.2, -0.15) is 13.2 Å². The van der Waals surface area contributed by atoms with Crippen LogP contribution in [0, 0.1) is 0 Å². The Labute approximate surface area is 132 Å². The standard InChI is InChI=1S/C15H19F3N2O3/c1-3-14(23-2,11-7-5-4-6-8-11)9-19-12(21)13(22)20-10-15(16,17)18/h4-8H,3,9-10H2,1-2H3,(H,19,21)(H,20,22). The molecule has 1 unspecified atom stereocenters. The first-order chi connectivity index (χ1) is 10.7. The number of carbonyl (C=O) groups excluding carboxylic acids is 2. The molecule has 2 amide bonds. The second kappa shape index (κ2) is 7.96. The number of hydrogen-bond donors (Lipinski definition) is 2. The van der Waals surface area contributed by atoms with Crippen molar-refractivity contribution in [3.05, 3.63) is 35.9 Å². The third kappa shape index (κ3) is 5.55. The number of methoxy groups -OCH3 is 1. The van der Waals surface area contributed by atoms with Gasteiger partial charge in [-0.05, 0) is 12.0 Å². The molecule has 0 aliphatic rings. The SMILES string of the molecule is CCC(CNC(=O)C(=O)NCC(F)(F)F)(OC)c1ccccc1. The van der Waals surface area contributed by atoms with Gasteiger partial charge in [-0.25, -0.2) is 0 Å². The van der Waals surface area contributed by atoms with Gasteiger partial charge in [0.15, 0.2) is 0 Å². The number of carbonyl (C=O) groups is 2. The predicted octanol–water partition coefficient (Wildman–Crippen LogP) is 1.73. The van der Waals surface area contributed by atoms with Crippen LogP contribution in [0.5, 0.6) is 0 Å². The lowest BCUT2D eigenvalue weighted by atomic mass is 9.90. The molecule has 1 atom stereocenters. The zero-order valence-electron chi connectivity index (χ0n) is 12.9. The van der Waals surface area contributed by atoms with Crippen LogP contribution in [0.15, 0.2) is 30.3 Å². The minimum Gasteiger partial charge on any atom is -0.372 e. The van der Waals surface area contributed by atoms with E-state index in [-0.39, 0.29) is 6.54 Å². The topological polar surface area (TPSA) is 67.4 Å². The molecule has 1 aromatic rings. The highest BCUT2D eigenvalue weighted by Gasteiger charge is 2.32. The van der Waals surface area contributed by atoms with Crippen LogP contribution in [0.4, 0.5) is 13.2 Å². The van der Waals surface area contributed by atoms with E-state index in [2.05, 4.69) is 5.32 Å². The lowest BCUT2D eigenvalue weighted by Crippen LogP contribution is -2.48. The maximum Gasteiger partial charge on any atom is 0.405 e. The van der Waals surface area contributed by atoms with Crippen LogP contribution in [0.2, 0.25) is 0 Å². The molecule has 0 fully saturated rings. The summed E-state index contributed by atoms with van der Waals surface area (Å²) in [6.45, 7) is 0.246. The molecule has 0 heterocycles. The number of ether oxygens (including phenoxy) is 1. The van der Waals surface area contributed by atoms with Gasteiger partial charge in [0, 0.05) is 7.11 Å². The fraction of sp³-hybridized carbons (Fsp3) is 0.467. The summed E-state index contributed by atoms with van der Waals surface area (Å²) in [5.74, 6) is -2.48. The van der Waals surface area contributed by atoms with Gasteiger partial charge in [-0.15, -0.1) is 0 Å². The van der Waals surface area contributed by atoms with Crippen LogP contribution < -0.4 is 10.6 Å². The Kier molecular flexibility index (Phi) is 6.56. The van der Waals surface area contributed by atoms with E-state index < -0.39 is 30.1 Å².